The van der Waals surface area contributed by atoms with Gasteiger partial charge in [-0.3, -0.25) is 0 Å². The Morgan fingerprint density at radius 2 is 1.69 bits per heavy atom. The van der Waals surface area contributed by atoms with Crippen LogP contribution >= 0.6 is 0 Å². The van der Waals surface area contributed by atoms with Gasteiger partial charge < -0.3 is 10.6 Å². The Morgan fingerprint density at radius 1 is 1.25 bits per heavy atom. The number of nitrogens with two attached hydrogens (primary N) is 1. The first-order valence-corrected chi connectivity index (χ1v) is 5.93. The van der Waals surface area contributed by atoms with Crippen LogP contribution in [0.2, 0.25) is 0 Å². The van der Waals surface area contributed by atoms with Crippen molar-refractivity contribution in [1.29, 1.82) is 5.26 Å². The molecule has 0 rings (SSSR count). The maximum Gasteiger partial charge on any atom is 0.102 e. The van der Waals surface area contributed by atoms with E-state index in [9.17, 15) is 0 Å². The summed E-state index contributed by atoms with van der Waals surface area (Å²) >= 11 is 0. The summed E-state index contributed by atoms with van der Waals surface area (Å²) in [5.41, 5.74) is 5.38. The second kappa shape index (κ2) is 5.16. The smallest absolute Gasteiger partial charge is 0.102 e. The van der Waals surface area contributed by atoms with E-state index >= 15 is 0 Å². The molecule has 3 atom stereocenters. The minimum absolute atomic E-state index is 0.237. The topological polar surface area (TPSA) is 53.1 Å². The number of rotatable bonds is 4. The van der Waals surface area contributed by atoms with Gasteiger partial charge in [0.25, 0.3) is 0 Å². The van der Waals surface area contributed by atoms with Gasteiger partial charge >= 0.3 is 0 Å². The lowest BCUT2D eigenvalue weighted by Crippen LogP contribution is -2.48. The molecule has 0 radical (unpaired) electrons. The average Bonchev–Trinajstić information content (AvgIpc) is 2.13. The first-order chi connectivity index (χ1) is 7.01. The molecule has 3 heteroatoms. The standard InChI is InChI=1S/C13H27N3/c1-10(8-13(6,15)9-14)16(7)11(2)12(3,4)5/h10-11H,8,15H2,1-7H3. The molecule has 3 unspecified atom stereocenters. The van der Waals surface area contributed by atoms with Gasteiger partial charge in [-0.05, 0) is 39.7 Å². The highest BCUT2D eigenvalue weighted by atomic mass is 15.2. The zero-order valence-electron chi connectivity index (χ0n) is 11.8. The lowest BCUT2D eigenvalue weighted by Gasteiger charge is -2.40. The van der Waals surface area contributed by atoms with Gasteiger partial charge in [-0.25, -0.2) is 0 Å². The molecular formula is C13H27N3. The zero-order chi connectivity index (χ0) is 13.1. The van der Waals surface area contributed by atoms with Crippen LogP contribution < -0.4 is 5.73 Å². The van der Waals surface area contributed by atoms with Crippen LogP contribution in [0, 0.1) is 16.7 Å². The average molecular weight is 225 g/mol. The van der Waals surface area contributed by atoms with E-state index in [0.29, 0.717) is 18.5 Å². The Morgan fingerprint density at radius 3 is 2.00 bits per heavy atom. The van der Waals surface area contributed by atoms with Gasteiger partial charge in [0.2, 0.25) is 0 Å². The van der Waals surface area contributed by atoms with Crippen molar-refractivity contribution < 1.29 is 0 Å². The molecule has 0 aromatic heterocycles. The van der Waals surface area contributed by atoms with E-state index in [2.05, 4.69) is 52.6 Å². The lowest BCUT2D eigenvalue weighted by molar-refractivity contribution is 0.0941. The van der Waals surface area contributed by atoms with Gasteiger partial charge in [0.15, 0.2) is 0 Å². The molecule has 0 aliphatic heterocycles. The second-order valence-corrected chi connectivity index (χ2v) is 6.29. The number of nitriles is 1. The van der Waals surface area contributed by atoms with E-state index in [1.165, 1.54) is 0 Å². The van der Waals surface area contributed by atoms with Gasteiger partial charge in [-0.1, -0.05) is 20.8 Å². The molecule has 0 bridgehead atoms. The fourth-order valence-corrected chi connectivity index (χ4v) is 1.80. The lowest BCUT2D eigenvalue weighted by atomic mass is 9.85. The molecule has 94 valence electrons. The Labute approximate surface area is 101 Å². The highest BCUT2D eigenvalue weighted by Gasteiger charge is 2.30. The fourth-order valence-electron chi connectivity index (χ4n) is 1.80. The molecule has 0 aromatic carbocycles. The molecule has 0 aliphatic rings. The van der Waals surface area contributed by atoms with Gasteiger partial charge in [0.05, 0.1) is 6.07 Å². The van der Waals surface area contributed by atoms with Crippen LogP contribution in [0.5, 0.6) is 0 Å². The van der Waals surface area contributed by atoms with Gasteiger partial charge in [0.1, 0.15) is 5.54 Å². The van der Waals surface area contributed by atoms with Gasteiger partial charge in [-0.2, -0.15) is 5.26 Å². The number of hydrogen-bond acceptors (Lipinski definition) is 3. The van der Waals surface area contributed by atoms with Crippen LogP contribution in [0.3, 0.4) is 0 Å². The van der Waals surface area contributed by atoms with Crippen LogP contribution in [-0.2, 0) is 0 Å². The van der Waals surface area contributed by atoms with E-state index in [1.54, 1.807) is 6.92 Å². The Balaban J connectivity index is 4.53. The van der Waals surface area contributed by atoms with Crippen molar-refractivity contribution in [3.8, 4) is 6.07 Å². The predicted octanol–water partition coefficient (Wildman–Crippen LogP) is 2.37. The van der Waals surface area contributed by atoms with Crippen molar-refractivity contribution in [2.75, 3.05) is 7.05 Å². The summed E-state index contributed by atoms with van der Waals surface area (Å²) in [6, 6.07) is 2.92. The molecule has 0 aliphatic carbocycles. The van der Waals surface area contributed by atoms with Gasteiger partial charge in [-0.15, -0.1) is 0 Å². The normalized spacial score (nSPS) is 20.0. The molecule has 0 saturated carbocycles. The van der Waals surface area contributed by atoms with Crippen molar-refractivity contribution in [1.82, 2.24) is 4.90 Å². The molecular weight excluding hydrogens is 198 g/mol. The summed E-state index contributed by atoms with van der Waals surface area (Å²) in [6.45, 7) is 12.8. The number of hydrogen-bond donors (Lipinski definition) is 1. The molecule has 0 spiro atoms. The quantitative estimate of drug-likeness (QED) is 0.799. The highest BCUT2D eigenvalue weighted by Crippen LogP contribution is 2.26. The molecule has 0 amide bonds. The molecule has 0 saturated heterocycles. The van der Waals surface area contributed by atoms with Crippen LogP contribution in [0.25, 0.3) is 0 Å². The Bertz CT molecular complexity index is 257. The molecule has 3 nitrogen and oxygen atoms in total. The minimum atomic E-state index is -0.731. The Kier molecular flexibility index (Phi) is 4.97. The first kappa shape index (κ1) is 15.4. The summed E-state index contributed by atoms with van der Waals surface area (Å²) in [7, 11) is 2.11. The molecule has 0 aromatic rings. The molecule has 2 N–H and O–H groups in total. The van der Waals surface area contributed by atoms with Crippen molar-refractivity contribution in [3.05, 3.63) is 0 Å². The van der Waals surface area contributed by atoms with Crippen LogP contribution in [0.4, 0.5) is 0 Å². The largest absolute Gasteiger partial charge is 0.314 e. The summed E-state index contributed by atoms with van der Waals surface area (Å²) in [4.78, 5) is 2.31. The minimum Gasteiger partial charge on any atom is -0.314 e. The maximum absolute atomic E-state index is 8.93. The van der Waals surface area contributed by atoms with Crippen molar-refractivity contribution >= 4 is 0 Å². The Hall–Kier alpha value is -0.590. The van der Waals surface area contributed by atoms with Crippen molar-refractivity contribution in [2.24, 2.45) is 11.1 Å². The van der Waals surface area contributed by atoms with E-state index in [4.69, 9.17) is 11.0 Å². The fraction of sp³-hybridized carbons (Fsp3) is 0.923. The van der Waals surface area contributed by atoms with Gasteiger partial charge in [0, 0.05) is 12.1 Å². The molecule has 0 fully saturated rings. The predicted molar refractivity (Wildman–Crippen MR) is 69.0 cm³/mol. The first-order valence-electron chi connectivity index (χ1n) is 5.93. The maximum atomic E-state index is 8.93. The molecule has 0 heterocycles. The third kappa shape index (κ3) is 4.51. The zero-order valence-corrected chi connectivity index (χ0v) is 11.8. The van der Waals surface area contributed by atoms with Crippen molar-refractivity contribution in [3.63, 3.8) is 0 Å². The van der Waals surface area contributed by atoms with Crippen LogP contribution in [-0.4, -0.2) is 29.6 Å². The molecule has 16 heavy (non-hydrogen) atoms. The van der Waals surface area contributed by atoms with E-state index in [1.807, 2.05) is 0 Å². The summed E-state index contributed by atoms with van der Waals surface area (Å²) in [5.74, 6) is 0. The van der Waals surface area contributed by atoms with Crippen LogP contribution in [0.15, 0.2) is 0 Å². The monoisotopic (exact) mass is 225 g/mol. The SMILES string of the molecule is CC(CC(C)(N)C#N)N(C)C(C)C(C)(C)C. The summed E-state index contributed by atoms with van der Waals surface area (Å²) < 4.78 is 0. The highest BCUT2D eigenvalue weighted by molar-refractivity contribution is 5.03. The third-order valence-electron chi connectivity index (χ3n) is 3.53. The van der Waals surface area contributed by atoms with E-state index < -0.39 is 5.54 Å². The van der Waals surface area contributed by atoms with E-state index in [-0.39, 0.29) is 5.41 Å². The third-order valence-corrected chi connectivity index (χ3v) is 3.53. The van der Waals surface area contributed by atoms with Crippen LogP contribution in [0.1, 0.15) is 48.0 Å². The number of nitrogens with zero attached hydrogens (tertiary/aromatic N) is 2. The summed E-state index contributed by atoms with van der Waals surface area (Å²) in [6.07, 6.45) is 0.695. The van der Waals surface area contributed by atoms with Crippen molar-refractivity contribution in [2.45, 2.75) is 65.6 Å². The summed E-state index contributed by atoms with van der Waals surface area (Å²) in [5, 5.41) is 8.93. The van der Waals surface area contributed by atoms with E-state index in [0.717, 1.165) is 0 Å². The second-order valence-electron chi connectivity index (χ2n) is 6.29.